The summed E-state index contributed by atoms with van der Waals surface area (Å²) in [6.07, 6.45) is 5.42. The van der Waals surface area contributed by atoms with Crippen molar-refractivity contribution in [3.8, 4) is 0 Å². The van der Waals surface area contributed by atoms with Gasteiger partial charge in [-0.3, -0.25) is 4.79 Å². The summed E-state index contributed by atoms with van der Waals surface area (Å²) in [5, 5.41) is 7.95. The SMILES string of the molecule is CCOC(=O)[C@H]1[C@H](Nc2nc(Cl)nn3cccc23)[C@@H]2CC[C@H]1C1CC12. The molecule has 4 fully saturated rings. The first kappa shape index (κ1) is 15.4. The summed E-state index contributed by atoms with van der Waals surface area (Å²) < 4.78 is 7.14. The van der Waals surface area contributed by atoms with Gasteiger partial charge in [-0.15, -0.1) is 5.10 Å². The van der Waals surface area contributed by atoms with Crippen molar-refractivity contribution in [1.29, 1.82) is 0 Å². The third-order valence-electron chi connectivity index (χ3n) is 6.36. The number of carbonyl (C=O) groups excluding carboxylic acids is 1. The van der Waals surface area contributed by atoms with Crippen LogP contribution in [-0.2, 0) is 9.53 Å². The van der Waals surface area contributed by atoms with E-state index in [1.54, 1.807) is 4.52 Å². The summed E-state index contributed by atoms with van der Waals surface area (Å²) in [5.41, 5.74) is 0.876. The lowest BCUT2D eigenvalue weighted by atomic mass is 9.61. The van der Waals surface area contributed by atoms with E-state index < -0.39 is 0 Å². The predicted molar refractivity (Wildman–Crippen MR) is 93.3 cm³/mol. The van der Waals surface area contributed by atoms with Crippen molar-refractivity contribution >= 4 is 28.9 Å². The number of rotatable bonds is 4. The van der Waals surface area contributed by atoms with Crippen LogP contribution in [0.1, 0.15) is 26.2 Å². The maximum atomic E-state index is 12.7. The number of nitrogens with one attached hydrogen (secondary N) is 1. The highest BCUT2D eigenvalue weighted by Crippen LogP contribution is 2.64. The smallest absolute Gasteiger partial charge is 0.311 e. The first-order valence-electron chi connectivity index (χ1n) is 9.11. The second-order valence-corrected chi connectivity index (χ2v) is 7.82. The molecular formula is C18H21ClN4O2. The Morgan fingerprint density at radius 3 is 3.00 bits per heavy atom. The van der Waals surface area contributed by atoms with Crippen LogP contribution in [0, 0.1) is 29.6 Å². The highest BCUT2D eigenvalue weighted by atomic mass is 35.5. The fourth-order valence-corrected chi connectivity index (χ4v) is 5.55. The number of nitrogens with zero attached hydrogens (tertiary/aromatic N) is 3. The second-order valence-electron chi connectivity index (χ2n) is 7.48. The number of ether oxygens (including phenoxy) is 1. The molecule has 2 unspecified atom stereocenters. The number of hydrogen-bond donors (Lipinski definition) is 1. The molecular weight excluding hydrogens is 340 g/mol. The van der Waals surface area contributed by atoms with Crippen LogP contribution in [-0.4, -0.2) is 33.2 Å². The minimum atomic E-state index is -0.0915. The van der Waals surface area contributed by atoms with E-state index in [9.17, 15) is 4.79 Å². The van der Waals surface area contributed by atoms with Crippen LogP contribution in [0.2, 0.25) is 5.28 Å². The lowest BCUT2D eigenvalue weighted by Gasteiger charge is -2.47. The molecule has 0 aliphatic heterocycles. The lowest BCUT2D eigenvalue weighted by Crippen LogP contribution is -2.53. The van der Waals surface area contributed by atoms with Crippen LogP contribution in [0.3, 0.4) is 0 Å². The van der Waals surface area contributed by atoms with Crippen molar-refractivity contribution in [2.45, 2.75) is 32.2 Å². The first-order chi connectivity index (χ1) is 12.2. The number of anilines is 1. The van der Waals surface area contributed by atoms with E-state index in [0.717, 1.165) is 17.9 Å². The Hall–Kier alpha value is -1.82. The first-order valence-corrected chi connectivity index (χ1v) is 9.49. The molecule has 4 saturated carbocycles. The molecule has 7 heteroatoms. The summed E-state index contributed by atoms with van der Waals surface area (Å²) in [4.78, 5) is 17.1. The number of hydrogen-bond acceptors (Lipinski definition) is 5. The summed E-state index contributed by atoms with van der Waals surface area (Å²) in [6, 6.07) is 3.93. The molecule has 0 radical (unpaired) electrons. The number of carbonyl (C=O) groups is 1. The Labute approximate surface area is 150 Å². The molecule has 6 atom stereocenters. The van der Waals surface area contributed by atoms with Crippen LogP contribution in [0.4, 0.5) is 5.82 Å². The van der Waals surface area contributed by atoms with Crippen LogP contribution >= 0.6 is 11.6 Å². The third-order valence-corrected chi connectivity index (χ3v) is 6.52. The minimum Gasteiger partial charge on any atom is -0.466 e. The van der Waals surface area contributed by atoms with Crippen molar-refractivity contribution in [3.05, 3.63) is 23.6 Å². The highest BCUT2D eigenvalue weighted by Gasteiger charge is 2.63. The van der Waals surface area contributed by atoms with E-state index >= 15 is 0 Å². The lowest BCUT2D eigenvalue weighted by molar-refractivity contribution is -0.155. The molecule has 132 valence electrons. The van der Waals surface area contributed by atoms with Gasteiger partial charge in [0.2, 0.25) is 5.28 Å². The monoisotopic (exact) mass is 360 g/mol. The number of esters is 1. The van der Waals surface area contributed by atoms with Gasteiger partial charge < -0.3 is 10.1 Å². The van der Waals surface area contributed by atoms with Crippen molar-refractivity contribution in [2.75, 3.05) is 11.9 Å². The van der Waals surface area contributed by atoms with Crippen molar-refractivity contribution in [2.24, 2.45) is 29.6 Å². The molecule has 4 aliphatic carbocycles. The van der Waals surface area contributed by atoms with Gasteiger partial charge in [-0.2, -0.15) is 4.98 Å². The largest absolute Gasteiger partial charge is 0.466 e. The average molecular weight is 361 g/mol. The van der Waals surface area contributed by atoms with Crippen LogP contribution in [0.25, 0.3) is 5.52 Å². The van der Waals surface area contributed by atoms with Gasteiger partial charge in [-0.1, -0.05) is 0 Å². The molecule has 0 aromatic carbocycles. The molecule has 2 aromatic heterocycles. The van der Waals surface area contributed by atoms with E-state index in [0.29, 0.717) is 30.2 Å². The Kier molecular flexibility index (Phi) is 3.45. The Morgan fingerprint density at radius 2 is 2.16 bits per heavy atom. The number of aromatic nitrogens is 3. The summed E-state index contributed by atoms with van der Waals surface area (Å²) >= 11 is 6.09. The van der Waals surface area contributed by atoms with Crippen molar-refractivity contribution in [1.82, 2.24) is 14.6 Å². The number of fused-ring (bicyclic) bond motifs is 3. The van der Waals surface area contributed by atoms with Gasteiger partial charge in [0.05, 0.1) is 12.5 Å². The van der Waals surface area contributed by atoms with Gasteiger partial charge in [0.25, 0.3) is 0 Å². The predicted octanol–water partition coefficient (Wildman–Crippen LogP) is 3.02. The van der Waals surface area contributed by atoms with Crippen molar-refractivity contribution < 1.29 is 9.53 Å². The van der Waals surface area contributed by atoms with Gasteiger partial charge in [-0.05, 0) is 73.6 Å². The van der Waals surface area contributed by atoms with Gasteiger partial charge in [-0.25, -0.2) is 4.52 Å². The van der Waals surface area contributed by atoms with Gasteiger partial charge in [0.1, 0.15) is 5.52 Å². The molecule has 0 amide bonds. The van der Waals surface area contributed by atoms with Crippen LogP contribution < -0.4 is 5.32 Å². The van der Waals surface area contributed by atoms with Crippen LogP contribution in [0.5, 0.6) is 0 Å². The van der Waals surface area contributed by atoms with Gasteiger partial charge in [0.15, 0.2) is 5.82 Å². The Bertz CT molecular complexity index is 838. The highest BCUT2D eigenvalue weighted by molar-refractivity contribution is 6.28. The second kappa shape index (κ2) is 5.59. The fourth-order valence-electron chi connectivity index (χ4n) is 5.39. The Balaban J connectivity index is 1.52. The molecule has 6 rings (SSSR count). The molecule has 0 saturated heterocycles. The van der Waals surface area contributed by atoms with E-state index in [1.165, 1.54) is 12.8 Å². The number of halogens is 1. The quantitative estimate of drug-likeness (QED) is 0.849. The third kappa shape index (κ3) is 2.34. The van der Waals surface area contributed by atoms with Gasteiger partial charge >= 0.3 is 5.97 Å². The molecule has 2 bridgehead atoms. The van der Waals surface area contributed by atoms with E-state index in [-0.39, 0.29) is 23.2 Å². The van der Waals surface area contributed by atoms with Crippen molar-refractivity contribution in [3.63, 3.8) is 0 Å². The fraction of sp³-hybridized carbons (Fsp3) is 0.611. The molecule has 25 heavy (non-hydrogen) atoms. The maximum absolute atomic E-state index is 12.7. The topological polar surface area (TPSA) is 68.5 Å². The molecule has 6 nitrogen and oxygen atoms in total. The molecule has 2 heterocycles. The summed E-state index contributed by atoms with van der Waals surface area (Å²) in [7, 11) is 0. The Morgan fingerprint density at radius 1 is 1.36 bits per heavy atom. The zero-order valence-corrected chi connectivity index (χ0v) is 14.8. The summed E-state index contributed by atoms with van der Waals surface area (Å²) in [5.74, 6) is 2.96. The van der Waals surface area contributed by atoms with E-state index in [2.05, 4.69) is 15.4 Å². The van der Waals surface area contributed by atoms with E-state index in [4.69, 9.17) is 16.3 Å². The van der Waals surface area contributed by atoms with Gasteiger partial charge in [0, 0.05) is 12.2 Å². The molecule has 4 aliphatic rings. The molecule has 1 N–H and O–H groups in total. The van der Waals surface area contributed by atoms with E-state index in [1.807, 2.05) is 25.3 Å². The zero-order chi connectivity index (χ0) is 17.1. The minimum absolute atomic E-state index is 0.0613. The average Bonchev–Trinajstić information content (AvgIpc) is 3.28. The normalized spacial score (nSPS) is 35.4. The molecule has 0 spiro atoms. The van der Waals surface area contributed by atoms with Crippen LogP contribution in [0.15, 0.2) is 18.3 Å². The zero-order valence-electron chi connectivity index (χ0n) is 14.1. The maximum Gasteiger partial charge on any atom is 0.311 e. The summed E-state index contributed by atoms with van der Waals surface area (Å²) in [6.45, 7) is 2.30. The molecule has 2 aromatic rings. The standard InChI is InChI=1S/C18H21ClN4O2/c1-2-25-17(24)14-9-5-6-10(12-8-11(9)12)15(14)20-16-13-4-3-7-23(13)22-18(19)21-16/h3-4,7,9-12,14-15H,2,5-6,8H2,1H3,(H,20,21,22)/t9-,10+,11?,12?,14+,15+/m0/s1.